The molecule has 7 nitrogen and oxygen atoms in total. The Hall–Kier alpha value is -2.00. The van der Waals surface area contributed by atoms with Gasteiger partial charge in [0.05, 0.1) is 4.90 Å². The molecule has 0 atom stereocenters. The Labute approximate surface area is 106 Å². The molecule has 0 aliphatic rings. The molecule has 9 heteroatoms. The van der Waals surface area contributed by atoms with E-state index in [0.717, 1.165) is 17.4 Å². The molecule has 0 aliphatic carbocycles. The molecule has 94 valence electrons. The highest BCUT2D eigenvalue weighted by Crippen LogP contribution is 2.20. The number of nitrogens with zero attached hydrogens (tertiary/aromatic N) is 2. The second-order valence-electron chi connectivity index (χ2n) is 3.13. The van der Waals surface area contributed by atoms with Crippen molar-refractivity contribution in [2.24, 2.45) is 0 Å². The average Bonchev–Trinajstić information content (AvgIpc) is 2.79. The van der Waals surface area contributed by atoms with Gasteiger partial charge < -0.3 is 5.11 Å². The molecule has 0 spiro atoms. The Balaban J connectivity index is 2.28. The zero-order valence-corrected chi connectivity index (χ0v) is 10.4. The number of hydrogen-bond donors (Lipinski definition) is 2. The number of rotatable bonds is 4. The number of nitrogens with one attached hydrogen (secondary N) is 1. The lowest BCUT2D eigenvalue weighted by molar-refractivity contribution is 0.0702. The van der Waals surface area contributed by atoms with Crippen molar-refractivity contribution in [1.29, 1.82) is 0 Å². The third-order valence-electron chi connectivity index (χ3n) is 1.89. The molecule has 2 N–H and O–H groups in total. The van der Waals surface area contributed by atoms with Crippen LogP contribution < -0.4 is 4.72 Å². The molecule has 0 fully saturated rings. The van der Waals surface area contributed by atoms with Crippen molar-refractivity contribution in [2.75, 3.05) is 4.72 Å². The van der Waals surface area contributed by atoms with E-state index in [9.17, 15) is 13.2 Å². The minimum atomic E-state index is -3.85. The molecule has 2 aromatic rings. The fraction of sp³-hybridized carbons (Fsp3) is 0. The van der Waals surface area contributed by atoms with Gasteiger partial charge >= 0.3 is 5.97 Å². The number of sulfonamides is 1. The SMILES string of the molecule is O=C(O)c1cc(S(=O)(=O)Nc2ncccn2)cs1. The highest BCUT2D eigenvalue weighted by Gasteiger charge is 2.19. The summed E-state index contributed by atoms with van der Waals surface area (Å²) in [6.45, 7) is 0. The number of carboxylic acids is 1. The van der Waals surface area contributed by atoms with Gasteiger partial charge in [-0.15, -0.1) is 11.3 Å². The summed E-state index contributed by atoms with van der Waals surface area (Å²) in [7, 11) is -3.85. The van der Waals surface area contributed by atoms with E-state index in [-0.39, 0.29) is 15.7 Å². The minimum Gasteiger partial charge on any atom is -0.477 e. The van der Waals surface area contributed by atoms with Gasteiger partial charge in [-0.3, -0.25) is 0 Å². The Morgan fingerprint density at radius 2 is 2.00 bits per heavy atom. The normalized spacial score (nSPS) is 11.1. The topological polar surface area (TPSA) is 109 Å². The fourth-order valence-corrected chi connectivity index (χ4v) is 3.17. The molecule has 0 radical (unpaired) electrons. The van der Waals surface area contributed by atoms with Crippen LogP contribution in [-0.4, -0.2) is 29.5 Å². The Morgan fingerprint density at radius 1 is 1.33 bits per heavy atom. The van der Waals surface area contributed by atoms with E-state index in [1.54, 1.807) is 6.07 Å². The summed E-state index contributed by atoms with van der Waals surface area (Å²) in [5.41, 5.74) is 0. The number of hydrogen-bond acceptors (Lipinski definition) is 6. The Morgan fingerprint density at radius 3 is 2.56 bits per heavy atom. The molecule has 0 aromatic carbocycles. The molecular weight excluding hydrogens is 278 g/mol. The molecule has 0 saturated carbocycles. The molecule has 0 unspecified atom stereocenters. The summed E-state index contributed by atoms with van der Waals surface area (Å²) in [6, 6.07) is 2.63. The number of aromatic carboxylic acids is 1. The summed E-state index contributed by atoms with van der Waals surface area (Å²) in [5.74, 6) is -1.24. The zero-order valence-electron chi connectivity index (χ0n) is 8.77. The lowest BCUT2D eigenvalue weighted by Gasteiger charge is -2.03. The lowest BCUT2D eigenvalue weighted by Crippen LogP contribution is -2.14. The Kier molecular flexibility index (Phi) is 3.26. The smallest absolute Gasteiger partial charge is 0.345 e. The van der Waals surface area contributed by atoms with Crippen molar-refractivity contribution in [3.63, 3.8) is 0 Å². The van der Waals surface area contributed by atoms with E-state index in [2.05, 4.69) is 14.7 Å². The van der Waals surface area contributed by atoms with Gasteiger partial charge in [0, 0.05) is 17.8 Å². The maximum absolute atomic E-state index is 11.9. The summed E-state index contributed by atoms with van der Waals surface area (Å²) < 4.78 is 25.9. The van der Waals surface area contributed by atoms with Gasteiger partial charge in [-0.1, -0.05) is 0 Å². The van der Waals surface area contributed by atoms with Crippen LogP contribution in [0.5, 0.6) is 0 Å². The van der Waals surface area contributed by atoms with E-state index in [4.69, 9.17) is 5.11 Å². The molecule has 0 saturated heterocycles. The van der Waals surface area contributed by atoms with Gasteiger partial charge in [-0.05, 0) is 12.1 Å². The first-order valence-corrected chi connectivity index (χ1v) is 6.97. The van der Waals surface area contributed by atoms with Crippen LogP contribution in [0.15, 0.2) is 34.8 Å². The van der Waals surface area contributed by atoms with E-state index in [1.807, 2.05) is 0 Å². The first-order chi connectivity index (χ1) is 8.49. The quantitative estimate of drug-likeness (QED) is 0.868. The number of thiophene rings is 1. The molecule has 0 aliphatic heterocycles. The van der Waals surface area contributed by atoms with Crippen LogP contribution in [0.3, 0.4) is 0 Å². The van der Waals surface area contributed by atoms with Crippen LogP contribution in [0.4, 0.5) is 5.95 Å². The fourth-order valence-electron chi connectivity index (χ4n) is 1.10. The summed E-state index contributed by atoms with van der Waals surface area (Å²) >= 11 is 0.836. The second-order valence-corrected chi connectivity index (χ2v) is 5.72. The van der Waals surface area contributed by atoms with Gasteiger partial charge in [0.25, 0.3) is 10.0 Å². The van der Waals surface area contributed by atoms with Crippen LogP contribution in [0.2, 0.25) is 0 Å². The number of aromatic nitrogens is 2. The molecule has 0 amide bonds. The predicted octanol–water partition coefficient (Wildman–Crippen LogP) is 1.04. The van der Waals surface area contributed by atoms with Crippen molar-refractivity contribution < 1.29 is 18.3 Å². The number of carboxylic acid groups (broad SMARTS) is 1. The second kappa shape index (κ2) is 4.70. The Bertz CT molecular complexity index is 666. The predicted molar refractivity (Wildman–Crippen MR) is 64.1 cm³/mol. The molecule has 2 heterocycles. The van der Waals surface area contributed by atoms with Crippen LogP contribution in [0.25, 0.3) is 0 Å². The van der Waals surface area contributed by atoms with Gasteiger partial charge in [-0.2, -0.15) is 0 Å². The van der Waals surface area contributed by atoms with Crippen LogP contribution in [0, 0.1) is 0 Å². The van der Waals surface area contributed by atoms with E-state index in [1.165, 1.54) is 17.8 Å². The van der Waals surface area contributed by atoms with Crippen LogP contribution in [-0.2, 0) is 10.0 Å². The molecule has 18 heavy (non-hydrogen) atoms. The zero-order chi connectivity index (χ0) is 13.2. The number of anilines is 1. The molecule has 0 bridgehead atoms. The van der Waals surface area contributed by atoms with E-state index in [0.29, 0.717) is 0 Å². The average molecular weight is 285 g/mol. The summed E-state index contributed by atoms with van der Waals surface area (Å²) in [4.78, 5) is 17.9. The van der Waals surface area contributed by atoms with Gasteiger partial charge in [-0.25, -0.2) is 27.9 Å². The van der Waals surface area contributed by atoms with E-state index < -0.39 is 16.0 Å². The van der Waals surface area contributed by atoms with E-state index >= 15 is 0 Å². The van der Waals surface area contributed by atoms with Crippen LogP contribution >= 0.6 is 11.3 Å². The van der Waals surface area contributed by atoms with Gasteiger partial charge in [0.1, 0.15) is 4.88 Å². The van der Waals surface area contributed by atoms with Crippen molar-refractivity contribution >= 4 is 33.3 Å². The molecule has 2 aromatic heterocycles. The first kappa shape index (κ1) is 12.5. The highest BCUT2D eigenvalue weighted by molar-refractivity contribution is 7.92. The van der Waals surface area contributed by atoms with Crippen LogP contribution in [0.1, 0.15) is 9.67 Å². The molecule has 2 rings (SSSR count). The minimum absolute atomic E-state index is 0.0515. The van der Waals surface area contributed by atoms with Crippen molar-refractivity contribution in [2.45, 2.75) is 4.90 Å². The maximum atomic E-state index is 11.9. The maximum Gasteiger partial charge on any atom is 0.345 e. The third-order valence-corrected chi connectivity index (χ3v) is 4.26. The van der Waals surface area contributed by atoms with Crippen molar-refractivity contribution in [3.8, 4) is 0 Å². The molecular formula is C9H7N3O4S2. The first-order valence-electron chi connectivity index (χ1n) is 4.61. The number of carbonyl (C=O) groups is 1. The lowest BCUT2D eigenvalue weighted by atomic mass is 10.5. The van der Waals surface area contributed by atoms with Crippen molar-refractivity contribution in [1.82, 2.24) is 9.97 Å². The standard InChI is InChI=1S/C9H7N3O4S2/c13-8(14)7-4-6(5-17-7)18(15,16)12-9-10-2-1-3-11-9/h1-5H,(H,13,14)(H,10,11,12). The largest absolute Gasteiger partial charge is 0.477 e. The van der Waals surface area contributed by atoms with Gasteiger partial charge in [0.2, 0.25) is 5.95 Å². The summed E-state index contributed by atoms with van der Waals surface area (Å²) in [6.07, 6.45) is 2.78. The van der Waals surface area contributed by atoms with Gasteiger partial charge in [0.15, 0.2) is 0 Å². The monoisotopic (exact) mass is 285 g/mol. The van der Waals surface area contributed by atoms with Crippen molar-refractivity contribution in [3.05, 3.63) is 34.8 Å². The summed E-state index contributed by atoms with van der Waals surface area (Å²) in [5, 5.41) is 9.97. The third kappa shape index (κ3) is 2.63. The highest BCUT2D eigenvalue weighted by atomic mass is 32.2.